The van der Waals surface area contributed by atoms with Crippen LogP contribution in [-0.2, 0) is 9.59 Å². The van der Waals surface area contributed by atoms with Crippen molar-refractivity contribution in [3.8, 4) is 0 Å². The third kappa shape index (κ3) is 4.65. The van der Waals surface area contributed by atoms with Crippen LogP contribution in [0, 0.1) is 17.2 Å². The molecule has 176 valence electrons. The number of nitrogens with one attached hydrogen (secondary N) is 1. The van der Waals surface area contributed by atoms with Crippen molar-refractivity contribution in [3.63, 3.8) is 0 Å². The van der Waals surface area contributed by atoms with Gasteiger partial charge in [0.05, 0.1) is 6.54 Å². The summed E-state index contributed by atoms with van der Waals surface area (Å²) in [6.07, 6.45) is 3.75. The fraction of sp³-hybridized carbons (Fsp3) is 0.667. The lowest BCUT2D eigenvalue weighted by molar-refractivity contribution is -0.144. The fourth-order valence-electron chi connectivity index (χ4n) is 5.50. The quantitative estimate of drug-likeness (QED) is 0.688. The molecule has 1 N–H and O–H groups in total. The Kier molecular flexibility index (Phi) is 6.27. The standard InChI is InChI=1S/C24H32F3N3O2/c1-23(6-3-7-23)29(2)20(31)13-30-14-24(15-30)8-4-16(5-9-24)22(32)28-19-11-17(21(26)27)10-18(25)12-19/h10-12,16,21H,3-9,13-15H2,1-2H3,(H,28,32). The number of hydrogen-bond acceptors (Lipinski definition) is 3. The van der Waals surface area contributed by atoms with E-state index in [0.29, 0.717) is 19.4 Å². The Hall–Kier alpha value is -2.09. The van der Waals surface area contributed by atoms with E-state index >= 15 is 0 Å². The van der Waals surface area contributed by atoms with E-state index in [4.69, 9.17) is 0 Å². The molecule has 5 nitrogen and oxygen atoms in total. The first-order chi connectivity index (χ1) is 15.1. The lowest BCUT2D eigenvalue weighted by Crippen LogP contribution is -2.61. The van der Waals surface area contributed by atoms with E-state index in [9.17, 15) is 22.8 Å². The highest BCUT2D eigenvalue weighted by Crippen LogP contribution is 2.46. The number of likely N-dealkylation sites (tertiary alicyclic amines) is 1. The monoisotopic (exact) mass is 451 g/mol. The van der Waals surface area contributed by atoms with Gasteiger partial charge in [-0.15, -0.1) is 0 Å². The van der Waals surface area contributed by atoms with Gasteiger partial charge in [-0.05, 0) is 75.5 Å². The van der Waals surface area contributed by atoms with Gasteiger partial charge in [-0.1, -0.05) is 0 Å². The van der Waals surface area contributed by atoms with Gasteiger partial charge in [-0.3, -0.25) is 14.5 Å². The summed E-state index contributed by atoms with van der Waals surface area (Å²) in [7, 11) is 1.91. The van der Waals surface area contributed by atoms with Gasteiger partial charge in [0.2, 0.25) is 11.8 Å². The first kappa shape index (κ1) is 23.1. The number of hydrogen-bond donors (Lipinski definition) is 1. The van der Waals surface area contributed by atoms with Gasteiger partial charge in [0.1, 0.15) is 5.82 Å². The summed E-state index contributed by atoms with van der Waals surface area (Å²) in [6.45, 7) is 4.35. The molecule has 2 aliphatic carbocycles. The Labute approximate surface area is 187 Å². The average Bonchev–Trinajstić information content (AvgIpc) is 2.70. The first-order valence-electron chi connectivity index (χ1n) is 11.5. The highest BCUT2D eigenvalue weighted by Gasteiger charge is 2.47. The highest BCUT2D eigenvalue weighted by atomic mass is 19.3. The Bertz CT molecular complexity index is 871. The molecular formula is C24H32F3N3O2. The molecule has 0 aromatic heterocycles. The molecule has 8 heteroatoms. The van der Waals surface area contributed by atoms with Crippen LogP contribution in [0.15, 0.2) is 18.2 Å². The van der Waals surface area contributed by atoms with Crippen molar-refractivity contribution in [2.75, 3.05) is 32.0 Å². The molecule has 0 unspecified atom stereocenters. The average molecular weight is 452 g/mol. The molecule has 1 aliphatic heterocycles. The van der Waals surface area contributed by atoms with E-state index in [1.807, 2.05) is 11.9 Å². The maximum atomic E-state index is 13.6. The third-order valence-corrected chi connectivity index (χ3v) is 7.95. The molecule has 1 spiro atoms. The van der Waals surface area contributed by atoms with Gasteiger partial charge in [0.25, 0.3) is 6.43 Å². The summed E-state index contributed by atoms with van der Waals surface area (Å²) in [5.74, 6) is -1.07. The summed E-state index contributed by atoms with van der Waals surface area (Å²) < 4.78 is 39.3. The number of carbonyl (C=O) groups excluding carboxylic acids is 2. The number of alkyl halides is 2. The molecule has 32 heavy (non-hydrogen) atoms. The summed E-state index contributed by atoms with van der Waals surface area (Å²) in [6, 6.07) is 2.97. The van der Waals surface area contributed by atoms with Crippen LogP contribution in [0.1, 0.15) is 63.9 Å². The van der Waals surface area contributed by atoms with E-state index in [1.165, 1.54) is 6.42 Å². The fourth-order valence-corrected chi connectivity index (χ4v) is 5.50. The maximum absolute atomic E-state index is 13.6. The minimum Gasteiger partial charge on any atom is -0.339 e. The molecule has 0 bridgehead atoms. The molecular weight excluding hydrogens is 419 g/mol. The van der Waals surface area contributed by atoms with Crippen LogP contribution < -0.4 is 5.32 Å². The Morgan fingerprint density at radius 2 is 1.81 bits per heavy atom. The predicted molar refractivity (Wildman–Crippen MR) is 116 cm³/mol. The van der Waals surface area contributed by atoms with Gasteiger partial charge in [-0.25, -0.2) is 13.2 Å². The van der Waals surface area contributed by atoms with Gasteiger partial charge in [-0.2, -0.15) is 0 Å². The lowest BCUT2D eigenvalue weighted by atomic mass is 9.65. The zero-order valence-corrected chi connectivity index (χ0v) is 18.8. The normalized spacial score (nSPS) is 22.3. The Morgan fingerprint density at radius 3 is 2.38 bits per heavy atom. The van der Waals surface area contributed by atoms with E-state index in [2.05, 4.69) is 17.1 Å². The van der Waals surface area contributed by atoms with E-state index in [1.54, 1.807) is 0 Å². The van der Waals surface area contributed by atoms with Crippen molar-refractivity contribution in [2.45, 2.75) is 63.8 Å². The van der Waals surface area contributed by atoms with Crippen molar-refractivity contribution < 1.29 is 22.8 Å². The number of halogens is 3. The number of nitrogens with zero attached hydrogens (tertiary/aromatic N) is 2. The van der Waals surface area contributed by atoms with E-state index in [-0.39, 0.29) is 34.4 Å². The van der Waals surface area contributed by atoms with Crippen molar-refractivity contribution >= 4 is 17.5 Å². The van der Waals surface area contributed by atoms with Crippen LogP contribution in [0.2, 0.25) is 0 Å². The zero-order valence-electron chi connectivity index (χ0n) is 18.8. The van der Waals surface area contributed by atoms with E-state index in [0.717, 1.165) is 57.0 Å². The summed E-state index contributed by atoms with van der Waals surface area (Å²) in [4.78, 5) is 29.3. The van der Waals surface area contributed by atoms with Crippen LogP contribution >= 0.6 is 0 Å². The van der Waals surface area contributed by atoms with Gasteiger partial charge in [0.15, 0.2) is 0 Å². The smallest absolute Gasteiger partial charge is 0.264 e. The van der Waals surface area contributed by atoms with Gasteiger partial charge in [0, 0.05) is 42.8 Å². The van der Waals surface area contributed by atoms with Crippen LogP contribution in [0.5, 0.6) is 0 Å². The number of likely N-dealkylation sites (N-methyl/N-ethyl adjacent to an activating group) is 1. The predicted octanol–water partition coefficient (Wildman–Crippen LogP) is 4.60. The Morgan fingerprint density at radius 1 is 1.16 bits per heavy atom. The summed E-state index contributed by atoms with van der Waals surface area (Å²) in [5, 5.41) is 2.61. The van der Waals surface area contributed by atoms with Crippen molar-refractivity contribution in [2.24, 2.45) is 11.3 Å². The molecule has 0 atom stereocenters. The van der Waals surface area contributed by atoms with Crippen LogP contribution in [-0.4, -0.2) is 53.8 Å². The topological polar surface area (TPSA) is 52.7 Å². The van der Waals surface area contributed by atoms with E-state index < -0.39 is 17.8 Å². The van der Waals surface area contributed by atoms with Crippen LogP contribution in [0.4, 0.5) is 18.9 Å². The number of anilines is 1. The maximum Gasteiger partial charge on any atom is 0.264 e. The second-order valence-corrected chi connectivity index (χ2v) is 10.3. The molecule has 1 aromatic carbocycles. The molecule has 2 amide bonds. The molecule has 1 heterocycles. The third-order valence-electron chi connectivity index (χ3n) is 7.95. The minimum atomic E-state index is -2.79. The minimum absolute atomic E-state index is 0.0167. The number of amides is 2. The van der Waals surface area contributed by atoms with Gasteiger partial charge >= 0.3 is 0 Å². The SMILES string of the molecule is CN(C(=O)CN1CC2(CCC(C(=O)Nc3cc(F)cc(C(F)F)c3)CC2)C1)C1(C)CCC1. The number of carbonyl (C=O) groups is 2. The summed E-state index contributed by atoms with van der Waals surface area (Å²) in [5.41, 5.74) is -0.187. The zero-order chi connectivity index (χ0) is 23.1. The molecule has 1 aromatic rings. The molecule has 0 radical (unpaired) electrons. The molecule has 1 saturated heterocycles. The van der Waals surface area contributed by atoms with Crippen molar-refractivity contribution in [3.05, 3.63) is 29.6 Å². The number of rotatable bonds is 6. The second kappa shape index (κ2) is 8.69. The summed E-state index contributed by atoms with van der Waals surface area (Å²) >= 11 is 0. The van der Waals surface area contributed by atoms with Crippen molar-refractivity contribution in [1.29, 1.82) is 0 Å². The highest BCUT2D eigenvalue weighted by molar-refractivity contribution is 5.92. The Balaban J connectivity index is 1.23. The molecule has 3 fully saturated rings. The number of benzene rings is 1. The van der Waals surface area contributed by atoms with Crippen LogP contribution in [0.3, 0.4) is 0 Å². The first-order valence-corrected chi connectivity index (χ1v) is 11.5. The second-order valence-electron chi connectivity index (χ2n) is 10.3. The molecule has 3 aliphatic rings. The van der Waals surface area contributed by atoms with Crippen molar-refractivity contribution in [1.82, 2.24) is 9.80 Å². The molecule has 2 saturated carbocycles. The van der Waals surface area contributed by atoms with Gasteiger partial charge < -0.3 is 10.2 Å². The lowest BCUT2D eigenvalue weighted by Gasteiger charge is -2.54. The molecule has 4 rings (SSSR count). The van der Waals surface area contributed by atoms with Crippen LogP contribution in [0.25, 0.3) is 0 Å². The largest absolute Gasteiger partial charge is 0.339 e.